The summed E-state index contributed by atoms with van der Waals surface area (Å²) in [6.07, 6.45) is 2.02. The van der Waals surface area contributed by atoms with Crippen LogP contribution in [0.4, 0.5) is 0 Å². The Labute approximate surface area is 189 Å². The Bertz CT molecular complexity index is 524. The van der Waals surface area contributed by atoms with E-state index in [0.717, 1.165) is 30.5 Å². The van der Waals surface area contributed by atoms with Crippen molar-refractivity contribution < 1.29 is 26.6 Å². The van der Waals surface area contributed by atoms with E-state index < -0.39 is 33.8 Å². The Morgan fingerprint density at radius 2 is 1.37 bits per heavy atom. The molecule has 0 spiro atoms. The van der Waals surface area contributed by atoms with Crippen LogP contribution in [0.5, 0.6) is 0 Å². The van der Waals surface area contributed by atoms with Gasteiger partial charge >= 0.3 is 14.8 Å². The van der Waals surface area contributed by atoms with E-state index in [2.05, 4.69) is 59.0 Å². The molecule has 10 heteroatoms. The Kier molecular flexibility index (Phi) is 12.8. The first-order valence-corrected chi connectivity index (χ1v) is 22.8. The Hall–Kier alpha value is -0.0825. The molecule has 0 N–H and O–H groups in total. The lowest BCUT2D eigenvalue weighted by atomic mass is 10.3. The molecule has 0 saturated heterocycles. The summed E-state index contributed by atoms with van der Waals surface area (Å²) in [5, 5.41) is 0. The highest BCUT2D eigenvalue weighted by molar-refractivity contribution is 6.90. The van der Waals surface area contributed by atoms with Crippen LogP contribution in [0, 0.1) is 0 Å². The zero-order valence-electron chi connectivity index (χ0n) is 21.1. The van der Waals surface area contributed by atoms with Gasteiger partial charge in [-0.15, -0.1) is 0 Å². The SMILES string of the molecule is C=C(C)COCCC[Si](O[Si](C)(C)C)(O[Si](C)(C)C)O[Si](C)(C)CCCC(=O)OC. The molecule has 0 fully saturated rings. The maximum Gasteiger partial charge on any atom is 0.469 e. The summed E-state index contributed by atoms with van der Waals surface area (Å²) in [5.41, 5.74) is 1.02. The molecule has 0 aliphatic carbocycles. The summed E-state index contributed by atoms with van der Waals surface area (Å²) in [4.78, 5) is 11.5. The lowest BCUT2D eigenvalue weighted by molar-refractivity contribution is -0.140. The smallest absolute Gasteiger partial charge is 0.469 e. The normalized spacial score (nSPS) is 13.4. The average molecular weight is 495 g/mol. The molecule has 0 atom stereocenters. The van der Waals surface area contributed by atoms with Gasteiger partial charge in [-0.2, -0.15) is 0 Å². The summed E-state index contributed by atoms with van der Waals surface area (Å²) in [5.74, 6) is -0.172. The van der Waals surface area contributed by atoms with E-state index in [0.29, 0.717) is 19.6 Å². The van der Waals surface area contributed by atoms with Crippen molar-refractivity contribution in [2.75, 3.05) is 20.3 Å². The van der Waals surface area contributed by atoms with Gasteiger partial charge in [-0.1, -0.05) is 12.2 Å². The largest absolute Gasteiger partial charge is 0.469 e. The van der Waals surface area contributed by atoms with Crippen LogP contribution >= 0.6 is 0 Å². The van der Waals surface area contributed by atoms with Crippen molar-refractivity contribution in [1.29, 1.82) is 0 Å². The van der Waals surface area contributed by atoms with Crippen molar-refractivity contribution in [3.63, 3.8) is 0 Å². The summed E-state index contributed by atoms with van der Waals surface area (Å²) >= 11 is 0. The second-order valence-electron chi connectivity index (χ2n) is 10.5. The second kappa shape index (κ2) is 12.8. The van der Waals surface area contributed by atoms with Gasteiger partial charge in [0.05, 0.1) is 13.7 Å². The van der Waals surface area contributed by atoms with E-state index in [4.69, 9.17) is 21.8 Å². The van der Waals surface area contributed by atoms with Crippen LogP contribution in [0.3, 0.4) is 0 Å². The van der Waals surface area contributed by atoms with Gasteiger partial charge in [0.2, 0.25) is 0 Å². The standard InChI is InChI=1S/C20H46O6Si4/c1-19(2)18-23-15-13-17-30(24-27(4,5)6,25-28(7,8)9)26-29(10,11)16-12-14-20(21)22-3/h1,12-18H2,2-11H3. The highest BCUT2D eigenvalue weighted by Gasteiger charge is 2.50. The van der Waals surface area contributed by atoms with Gasteiger partial charge in [0.15, 0.2) is 25.0 Å². The number of methoxy groups -OCH3 is 1. The summed E-state index contributed by atoms with van der Waals surface area (Å²) in [7, 11) is -7.39. The van der Waals surface area contributed by atoms with Crippen LogP contribution < -0.4 is 0 Å². The minimum Gasteiger partial charge on any atom is -0.469 e. The van der Waals surface area contributed by atoms with Gasteiger partial charge in [0, 0.05) is 19.1 Å². The average Bonchev–Trinajstić information content (AvgIpc) is 2.49. The highest BCUT2D eigenvalue weighted by atomic mass is 28.5. The fourth-order valence-electron chi connectivity index (χ4n) is 3.02. The molecule has 0 aromatic heterocycles. The van der Waals surface area contributed by atoms with E-state index in [-0.39, 0.29) is 5.97 Å². The van der Waals surface area contributed by atoms with Crippen LogP contribution in [0.1, 0.15) is 26.2 Å². The molecule has 0 rings (SSSR count). The van der Waals surface area contributed by atoms with Gasteiger partial charge in [-0.05, 0) is 78.2 Å². The first-order valence-electron chi connectivity index (χ1n) is 10.9. The second-order valence-corrected chi connectivity index (χ2v) is 27.3. The lowest BCUT2D eigenvalue weighted by Gasteiger charge is -2.43. The van der Waals surface area contributed by atoms with Crippen LogP contribution in [-0.2, 0) is 26.6 Å². The molecule has 0 unspecified atom stereocenters. The molecule has 0 aromatic carbocycles. The molecule has 178 valence electrons. The van der Waals surface area contributed by atoms with E-state index in [1.165, 1.54) is 7.11 Å². The van der Waals surface area contributed by atoms with Gasteiger partial charge < -0.3 is 21.8 Å². The number of esters is 1. The molecule has 0 aliphatic rings. The number of hydrogen-bond acceptors (Lipinski definition) is 6. The predicted octanol–water partition coefficient (Wildman–Crippen LogP) is 5.79. The number of carbonyl (C=O) groups is 1. The topological polar surface area (TPSA) is 63.2 Å². The van der Waals surface area contributed by atoms with Crippen LogP contribution in [0.25, 0.3) is 0 Å². The summed E-state index contributed by atoms with van der Waals surface area (Å²) in [6.45, 7) is 24.6. The Morgan fingerprint density at radius 3 is 1.80 bits per heavy atom. The van der Waals surface area contributed by atoms with Gasteiger partial charge in [-0.3, -0.25) is 4.79 Å². The molecule has 0 aliphatic heterocycles. The molecular formula is C20H46O6Si4. The molecule has 0 amide bonds. The zero-order chi connectivity index (χ0) is 23.6. The van der Waals surface area contributed by atoms with Crippen LogP contribution in [-0.4, -0.2) is 60.0 Å². The number of rotatable bonds is 16. The maximum atomic E-state index is 11.5. The van der Waals surface area contributed by atoms with E-state index in [1.807, 2.05) is 6.92 Å². The zero-order valence-corrected chi connectivity index (χ0v) is 25.1. The minimum absolute atomic E-state index is 0.172. The van der Waals surface area contributed by atoms with Crippen molar-refractivity contribution in [3.8, 4) is 0 Å². The predicted molar refractivity (Wildman–Crippen MR) is 134 cm³/mol. The van der Waals surface area contributed by atoms with E-state index in [9.17, 15) is 4.79 Å². The van der Waals surface area contributed by atoms with Crippen molar-refractivity contribution >= 4 is 39.7 Å². The Balaban J connectivity index is 5.45. The molecule has 0 radical (unpaired) electrons. The minimum atomic E-state index is -2.90. The molecule has 0 bridgehead atoms. The fraction of sp³-hybridized carbons (Fsp3) is 0.850. The van der Waals surface area contributed by atoms with Crippen molar-refractivity contribution in [3.05, 3.63) is 12.2 Å². The first kappa shape index (κ1) is 29.9. The molecular weight excluding hydrogens is 449 g/mol. The molecule has 0 aromatic rings. The molecule has 0 saturated carbocycles. The lowest BCUT2D eigenvalue weighted by Crippen LogP contribution is -2.61. The van der Waals surface area contributed by atoms with Crippen LogP contribution in [0.15, 0.2) is 12.2 Å². The van der Waals surface area contributed by atoms with Gasteiger partial charge in [0.1, 0.15) is 0 Å². The Morgan fingerprint density at radius 1 is 0.833 bits per heavy atom. The van der Waals surface area contributed by atoms with Gasteiger partial charge in [0.25, 0.3) is 0 Å². The summed E-state index contributed by atoms with van der Waals surface area (Å²) < 4.78 is 30.9. The van der Waals surface area contributed by atoms with Crippen LogP contribution in [0.2, 0.25) is 64.5 Å². The number of carbonyl (C=O) groups excluding carboxylic acids is 1. The fourth-order valence-corrected chi connectivity index (χ4v) is 18.7. The molecule has 6 nitrogen and oxygen atoms in total. The van der Waals surface area contributed by atoms with Crippen molar-refractivity contribution in [2.24, 2.45) is 0 Å². The molecule has 30 heavy (non-hydrogen) atoms. The maximum absolute atomic E-state index is 11.5. The quantitative estimate of drug-likeness (QED) is 0.117. The number of ether oxygens (including phenoxy) is 2. The third kappa shape index (κ3) is 15.7. The van der Waals surface area contributed by atoms with Gasteiger partial charge in [-0.25, -0.2) is 0 Å². The first-order chi connectivity index (χ1) is 13.5. The van der Waals surface area contributed by atoms with Crippen molar-refractivity contribution in [2.45, 2.75) is 90.7 Å². The summed E-state index contributed by atoms with van der Waals surface area (Å²) in [6, 6.07) is 1.62. The monoisotopic (exact) mass is 494 g/mol. The number of hydrogen-bond donors (Lipinski definition) is 0. The van der Waals surface area contributed by atoms with Crippen molar-refractivity contribution in [1.82, 2.24) is 0 Å². The van der Waals surface area contributed by atoms with E-state index >= 15 is 0 Å². The highest BCUT2D eigenvalue weighted by Crippen LogP contribution is 2.31. The third-order valence-electron chi connectivity index (χ3n) is 3.86. The third-order valence-corrected chi connectivity index (χ3v) is 17.2. The van der Waals surface area contributed by atoms with E-state index in [1.54, 1.807) is 0 Å². The molecule has 0 heterocycles.